The number of esters is 1. The van der Waals surface area contributed by atoms with Crippen LogP contribution in [0.4, 0.5) is 0 Å². The normalized spacial score (nSPS) is 39.5. The van der Waals surface area contributed by atoms with Crippen molar-refractivity contribution in [3.05, 3.63) is 0 Å². The van der Waals surface area contributed by atoms with Gasteiger partial charge >= 0.3 is 5.97 Å². The lowest BCUT2D eigenvalue weighted by atomic mass is 9.76. The first kappa shape index (κ1) is 8.97. The van der Waals surface area contributed by atoms with E-state index in [9.17, 15) is 4.79 Å². The van der Waals surface area contributed by atoms with Crippen LogP contribution in [0.15, 0.2) is 0 Å². The molecule has 13 heavy (non-hydrogen) atoms. The number of hydrogen-bond donors (Lipinski definition) is 1. The highest BCUT2D eigenvalue weighted by Crippen LogP contribution is 2.41. The molecule has 2 fully saturated rings. The number of cyclic esters (lactones) is 1. The Labute approximate surface area is 77.4 Å². The Balaban J connectivity index is 2.13. The first-order valence-corrected chi connectivity index (χ1v) is 4.74. The molecule has 0 radical (unpaired) electrons. The molecule has 74 valence electrons. The van der Waals surface area contributed by atoms with Crippen LogP contribution >= 0.6 is 0 Å². The van der Waals surface area contributed by atoms with Crippen LogP contribution in [0.2, 0.25) is 0 Å². The zero-order chi connectivity index (χ0) is 9.31. The number of rotatable bonds is 1. The molecule has 0 aromatic heterocycles. The molecule has 2 aliphatic rings. The third-order valence-corrected chi connectivity index (χ3v) is 3.02. The van der Waals surface area contributed by atoms with Crippen molar-refractivity contribution >= 4 is 5.97 Å². The van der Waals surface area contributed by atoms with Gasteiger partial charge in [0.1, 0.15) is 6.10 Å². The Morgan fingerprint density at radius 1 is 1.62 bits per heavy atom. The largest absolute Gasteiger partial charge is 0.460 e. The van der Waals surface area contributed by atoms with Gasteiger partial charge in [-0.05, 0) is 12.8 Å². The maximum absolute atomic E-state index is 11.2. The van der Waals surface area contributed by atoms with E-state index < -0.39 is 0 Å². The summed E-state index contributed by atoms with van der Waals surface area (Å²) < 4.78 is 10.6. The second-order valence-electron chi connectivity index (χ2n) is 3.91. The Kier molecular flexibility index (Phi) is 2.26. The van der Waals surface area contributed by atoms with Crippen molar-refractivity contribution in [2.45, 2.75) is 25.4 Å². The highest BCUT2D eigenvalue weighted by atomic mass is 16.6. The van der Waals surface area contributed by atoms with Gasteiger partial charge in [0, 0.05) is 18.6 Å². The molecule has 2 saturated heterocycles. The van der Waals surface area contributed by atoms with E-state index in [0.717, 1.165) is 19.4 Å². The summed E-state index contributed by atoms with van der Waals surface area (Å²) in [4.78, 5) is 11.2. The fraction of sp³-hybridized carbons (Fsp3) is 0.889. The van der Waals surface area contributed by atoms with Crippen molar-refractivity contribution in [3.8, 4) is 0 Å². The van der Waals surface area contributed by atoms with E-state index in [4.69, 9.17) is 15.2 Å². The topological polar surface area (TPSA) is 61.5 Å². The van der Waals surface area contributed by atoms with E-state index in [-0.39, 0.29) is 17.5 Å². The number of nitrogens with two attached hydrogens (primary N) is 1. The number of ether oxygens (including phenoxy) is 2. The molecule has 4 heteroatoms. The zero-order valence-electron chi connectivity index (χ0n) is 7.62. The molecular formula is C9H15NO3. The summed E-state index contributed by atoms with van der Waals surface area (Å²) in [5, 5.41) is 0. The van der Waals surface area contributed by atoms with Crippen molar-refractivity contribution in [3.63, 3.8) is 0 Å². The summed E-state index contributed by atoms with van der Waals surface area (Å²) in [6.07, 6.45) is 2.36. The van der Waals surface area contributed by atoms with Gasteiger partial charge < -0.3 is 15.2 Å². The summed E-state index contributed by atoms with van der Waals surface area (Å²) in [7, 11) is 0. The highest BCUT2D eigenvalue weighted by molar-refractivity contribution is 5.73. The monoisotopic (exact) mass is 185 g/mol. The van der Waals surface area contributed by atoms with Crippen LogP contribution in [-0.4, -0.2) is 31.8 Å². The van der Waals surface area contributed by atoms with Crippen molar-refractivity contribution in [1.29, 1.82) is 0 Å². The van der Waals surface area contributed by atoms with Crippen molar-refractivity contribution in [1.82, 2.24) is 0 Å². The van der Waals surface area contributed by atoms with Crippen LogP contribution in [0.5, 0.6) is 0 Å². The van der Waals surface area contributed by atoms with Gasteiger partial charge in [-0.25, -0.2) is 0 Å². The average molecular weight is 185 g/mol. The molecule has 0 aromatic rings. The average Bonchev–Trinajstić information content (AvgIpc) is 2.43. The minimum atomic E-state index is -0.125. The van der Waals surface area contributed by atoms with E-state index in [2.05, 4.69) is 0 Å². The van der Waals surface area contributed by atoms with Crippen LogP contribution in [0.3, 0.4) is 0 Å². The zero-order valence-corrected chi connectivity index (χ0v) is 7.62. The summed E-state index contributed by atoms with van der Waals surface area (Å²) in [6, 6.07) is 0. The molecule has 0 bridgehead atoms. The second-order valence-corrected chi connectivity index (χ2v) is 3.91. The van der Waals surface area contributed by atoms with Gasteiger partial charge in [-0.1, -0.05) is 0 Å². The van der Waals surface area contributed by atoms with Crippen LogP contribution in [0, 0.1) is 5.41 Å². The van der Waals surface area contributed by atoms with Crippen LogP contribution in [0.1, 0.15) is 19.3 Å². The van der Waals surface area contributed by atoms with Gasteiger partial charge in [0.15, 0.2) is 0 Å². The molecule has 2 atom stereocenters. The molecule has 2 aliphatic heterocycles. The van der Waals surface area contributed by atoms with Crippen LogP contribution in [-0.2, 0) is 14.3 Å². The summed E-state index contributed by atoms with van der Waals surface area (Å²) >= 11 is 0. The summed E-state index contributed by atoms with van der Waals surface area (Å²) in [5.41, 5.74) is 5.46. The van der Waals surface area contributed by atoms with E-state index in [1.165, 1.54) is 0 Å². The van der Waals surface area contributed by atoms with E-state index in [1.807, 2.05) is 0 Å². The fourth-order valence-corrected chi connectivity index (χ4v) is 2.29. The molecular weight excluding hydrogens is 170 g/mol. The molecule has 2 unspecified atom stereocenters. The van der Waals surface area contributed by atoms with Gasteiger partial charge in [-0.2, -0.15) is 0 Å². The molecule has 2 N–H and O–H groups in total. The molecule has 4 nitrogen and oxygen atoms in total. The Morgan fingerprint density at radius 3 is 3.08 bits per heavy atom. The number of carbonyl (C=O) groups excluding carboxylic acids is 1. The smallest absolute Gasteiger partial charge is 0.306 e. The molecule has 0 aromatic carbocycles. The third-order valence-electron chi connectivity index (χ3n) is 3.02. The lowest BCUT2D eigenvalue weighted by Crippen LogP contribution is -2.42. The van der Waals surface area contributed by atoms with Gasteiger partial charge in [-0.15, -0.1) is 0 Å². The SMILES string of the molecule is NCC1OC(=O)CC12CCCOC2. The Morgan fingerprint density at radius 2 is 2.46 bits per heavy atom. The lowest BCUT2D eigenvalue weighted by Gasteiger charge is -2.35. The van der Waals surface area contributed by atoms with Crippen molar-refractivity contribution in [2.75, 3.05) is 19.8 Å². The van der Waals surface area contributed by atoms with E-state index in [1.54, 1.807) is 0 Å². The standard InChI is InChI=1S/C9H15NO3/c10-5-7-9(4-8(11)13-7)2-1-3-12-6-9/h7H,1-6,10H2. The minimum Gasteiger partial charge on any atom is -0.460 e. The molecule has 2 heterocycles. The molecule has 0 amide bonds. The van der Waals surface area contributed by atoms with Gasteiger partial charge in [0.25, 0.3) is 0 Å². The highest BCUT2D eigenvalue weighted by Gasteiger charge is 2.49. The summed E-state index contributed by atoms with van der Waals surface area (Å²) in [6.45, 7) is 1.84. The number of carbonyl (C=O) groups is 1. The minimum absolute atomic E-state index is 0.107. The van der Waals surface area contributed by atoms with Crippen molar-refractivity contribution in [2.24, 2.45) is 11.1 Å². The Bertz CT molecular complexity index is 211. The first-order valence-electron chi connectivity index (χ1n) is 4.74. The predicted molar refractivity (Wildman–Crippen MR) is 46.0 cm³/mol. The second kappa shape index (κ2) is 3.27. The van der Waals surface area contributed by atoms with E-state index >= 15 is 0 Å². The maximum atomic E-state index is 11.2. The quantitative estimate of drug-likeness (QED) is 0.587. The fourth-order valence-electron chi connectivity index (χ4n) is 2.29. The van der Waals surface area contributed by atoms with E-state index in [0.29, 0.717) is 19.6 Å². The third kappa shape index (κ3) is 1.44. The van der Waals surface area contributed by atoms with Gasteiger partial charge in [0.2, 0.25) is 0 Å². The first-order chi connectivity index (χ1) is 6.27. The summed E-state index contributed by atoms with van der Waals surface area (Å²) in [5.74, 6) is -0.124. The Hall–Kier alpha value is -0.610. The molecule has 0 saturated carbocycles. The molecule has 1 spiro atoms. The molecule has 2 rings (SSSR count). The van der Waals surface area contributed by atoms with Gasteiger partial charge in [0.05, 0.1) is 13.0 Å². The van der Waals surface area contributed by atoms with Crippen molar-refractivity contribution < 1.29 is 14.3 Å². The maximum Gasteiger partial charge on any atom is 0.306 e. The van der Waals surface area contributed by atoms with Crippen LogP contribution < -0.4 is 5.73 Å². The van der Waals surface area contributed by atoms with Crippen LogP contribution in [0.25, 0.3) is 0 Å². The predicted octanol–water partition coefficient (Wildman–Crippen LogP) is 0.0574. The lowest BCUT2D eigenvalue weighted by molar-refractivity contribution is -0.141. The molecule has 0 aliphatic carbocycles. The van der Waals surface area contributed by atoms with Gasteiger partial charge in [-0.3, -0.25) is 4.79 Å². The number of hydrogen-bond acceptors (Lipinski definition) is 4.